The van der Waals surface area contributed by atoms with Crippen molar-refractivity contribution in [3.8, 4) is 0 Å². The van der Waals surface area contributed by atoms with Crippen LogP contribution in [-0.4, -0.2) is 114 Å². The van der Waals surface area contributed by atoms with E-state index < -0.39 is 83.5 Å². The molecule has 2 aliphatic heterocycles. The minimum Gasteiger partial charge on any atom is -0.444 e. The largest absolute Gasteiger partial charge is 0.444 e. The second-order valence-corrected chi connectivity index (χ2v) is 18.3. The standard InChI is InChI=1S/C39H58N6O9S/c1-38(2,3)54-37(52)43-29(23-12-9-8-10-13-23)36(51)45-21-26-24(19-39(4,5)53-26)31(45)33(48)41-25(18-22-15-16-22)32(47)34(49)40-20-28(46)42-30(35(50)44(6)7)27-14-11-17-55-27/h11,14,17,22-26,29-31H,8-10,12-13,15-16,18-21H2,1-7H3,(H,40,49)(H,41,48)(H,42,46)(H,43,52)/t24-,25?,26-,29-,30-,31?/m0/s1. The molecule has 6 amide bonds. The molecule has 15 nitrogen and oxygen atoms in total. The highest BCUT2D eigenvalue weighted by atomic mass is 32.1. The van der Waals surface area contributed by atoms with E-state index in [0.717, 1.165) is 44.9 Å². The second kappa shape index (κ2) is 17.4. The number of ketones is 1. The number of hydrogen-bond acceptors (Lipinski definition) is 10. The van der Waals surface area contributed by atoms with Gasteiger partial charge in [-0.3, -0.25) is 28.8 Å². The molecule has 2 saturated carbocycles. The molecule has 4 aliphatic rings. The fourth-order valence-electron chi connectivity index (χ4n) is 8.06. The Hall–Kier alpha value is -4.05. The molecule has 55 heavy (non-hydrogen) atoms. The number of carbonyl (C=O) groups excluding carboxylic acids is 7. The minimum absolute atomic E-state index is 0.129. The van der Waals surface area contributed by atoms with E-state index in [1.54, 1.807) is 52.4 Å². The average Bonchev–Trinajstić information content (AvgIpc) is 3.48. The first-order valence-corrected chi connectivity index (χ1v) is 20.4. The van der Waals surface area contributed by atoms with Crippen LogP contribution >= 0.6 is 11.3 Å². The van der Waals surface area contributed by atoms with Crippen molar-refractivity contribution < 1.29 is 43.0 Å². The lowest BCUT2D eigenvalue weighted by Crippen LogP contribution is -2.59. The third kappa shape index (κ3) is 11.0. The maximum absolute atomic E-state index is 14.6. The van der Waals surface area contributed by atoms with Crippen molar-refractivity contribution >= 4 is 52.7 Å². The maximum Gasteiger partial charge on any atom is 0.408 e. The van der Waals surface area contributed by atoms with E-state index >= 15 is 0 Å². The molecule has 4 fully saturated rings. The van der Waals surface area contributed by atoms with Gasteiger partial charge in [0.1, 0.15) is 23.7 Å². The molecule has 0 radical (unpaired) electrons. The molecule has 16 heteroatoms. The Morgan fingerprint density at radius 1 is 1.00 bits per heavy atom. The van der Waals surface area contributed by atoms with E-state index in [4.69, 9.17) is 9.47 Å². The summed E-state index contributed by atoms with van der Waals surface area (Å²) >= 11 is 1.30. The summed E-state index contributed by atoms with van der Waals surface area (Å²) in [5, 5.41) is 12.5. The van der Waals surface area contributed by atoms with Crippen LogP contribution in [0, 0.1) is 17.8 Å². The number of nitrogens with zero attached hydrogens (tertiary/aromatic N) is 2. The average molecular weight is 787 g/mol. The number of hydrogen-bond donors (Lipinski definition) is 4. The van der Waals surface area contributed by atoms with Gasteiger partial charge in [0, 0.05) is 31.4 Å². The molecule has 0 spiro atoms. The van der Waals surface area contributed by atoms with Gasteiger partial charge in [-0.2, -0.15) is 0 Å². The molecular formula is C39H58N6O9S. The summed E-state index contributed by atoms with van der Waals surface area (Å²) in [5.74, 6) is -4.36. The summed E-state index contributed by atoms with van der Waals surface area (Å²) in [6.07, 6.45) is 5.56. The molecule has 2 aliphatic carbocycles. The zero-order valence-corrected chi connectivity index (χ0v) is 33.9. The van der Waals surface area contributed by atoms with Crippen LogP contribution < -0.4 is 21.3 Å². The third-order valence-corrected chi connectivity index (χ3v) is 11.7. The van der Waals surface area contributed by atoms with Crippen LogP contribution in [0.5, 0.6) is 0 Å². The Balaban J connectivity index is 1.31. The van der Waals surface area contributed by atoms with E-state index in [2.05, 4.69) is 21.3 Å². The first kappa shape index (κ1) is 42.1. The first-order valence-electron chi connectivity index (χ1n) is 19.5. The summed E-state index contributed by atoms with van der Waals surface area (Å²) in [4.78, 5) is 98.2. The summed E-state index contributed by atoms with van der Waals surface area (Å²) < 4.78 is 11.9. The van der Waals surface area contributed by atoms with Gasteiger partial charge in [-0.15, -0.1) is 11.3 Å². The Morgan fingerprint density at radius 2 is 1.69 bits per heavy atom. The fourth-order valence-corrected chi connectivity index (χ4v) is 8.82. The normalized spacial score (nSPS) is 23.8. The van der Waals surface area contributed by atoms with E-state index in [1.807, 2.05) is 13.8 Å². The van der Waals surface area contributed by atoms with E-state index in [9.17, 15) is 33.6 Å². The van der Waals surface area contributed by atoms with Crippen molar-refractivity contribution in [3.05, 3.63) is 22.4 Å². The van der Waals surface area contributed by atoms with Crippen molar-refractivity contribution in [3.63, 3.8) is 0 Å². The number of likely N-dealkylation sites (tertiary alicyclic amines) is 1. The predicted octanol–water partition coefficient (Wildman–Crippen LogP) is 2.83. The van der Waals surface area contributed by atoms with E-state index in [-0.39, 0.29) is 36.6 Å². The summed E-state index contributed by atoms with van der Waals surface area (Å²) in [6.45, 7) is 8.66. The number of carbonyl (C=O) groups is 7. The number of thiophene rings is 1. The van der Waals surface area contributed by atoms with Crippen LogP contribution in [0.25, 0.3) is 0 Å². The molecule has 0 aromatic carbocycles. The molecule has 1 aromatic heterocycles. The molecule has 304 valence electrons. The topological polar surface area (TPSA) is 193 Å². The van der Waals surface area contributed by atoms with Crippen molar-refractivity contribution in [2.24, 2.45) is 17.8 Å². The second-order valence-electron chi connectivity index (χ2n) is 17.3. The molecule has 2 saturated heterocycles. The number of amides is 6. The van der Waals surface area contributed by atoms with Crippen LogP contribution in [0.4, 0.5) is 4.79 Å². The molecule has 0 bridgehead atoms. The van der Waals surface area contributed by atoms with Crippen LogP contribution in [0.2, 0.25) is 0 Å². The monoisotopic (exact) mass is 786 g/mol. The van der Waals surface area contributed by atoms with Crippen LogP contribution in [0.3, 0.4) is 0 Å². The zero-order valence-electron chi connectivity index (χ0n) is 33.1. The van der Waals surface area contributed by atoms with Crippen molar-refractivity contribution in [1.29, 1.82) is 0 Å². The van der Waals surface area contributed by atoms with Gasteiger partial charge in [0.25, 0.3) is 5.91 Å². The molecule has 2 unspecified atom stereocenters. The molecular weight excluding hydrogens is 729 g/mol. The molecule has 4 N–H and O–H groups in total. The van der Waals surface area contributed by atoms with Crippen LogP contribution in [0.1, 0.15) is 103 Å². The van der Waals surface area contributed by atoms with Gasteiger partial charge in [-0.25, -0.2) is 4.79 Å². The lowest BCUT2D eigenvalue weighted by Gasteiger charge is -2.36. The number of alkyl carbamates (subject to hydrolysis) is 1. The number of likely N-dealkylation sites (N-methyl/N-ethyl adjacent to an activating group) is 1. The highest BCUT2D eigenvalue weighted by Crippen LogP contribution is 2.44. The smallest absolute Gasteiger partial charge is 0.408 e. The van der Waals surface area contributed by atoms with Crippen molar-refractivity contribution in [2.75, 3.05) is 27.2 Å². The summed E-state index contributed by atoms with van der Waals surface area (Å²) in [6, 6.07) is -0.619. The third-order valence-electron chi connectivity index (χ3n) is 10.8. The van der Waals surface area contributed by atoms with Gasteiger partial charge >= 0.3 is 6.09 Å². The summed E-state index contributed by atoms with van der Waals surface area (Å²) in [7, 11) is 3.14. The Morgan fingerprint density at radius 3 is 2.29 bits per heavy atom. The van der Waals surface area contributed by atoms with Crippen LogP contribution in [0.15, 0.2) is 17.5 Å². The van der Waals surface area contributed by atoms with Crippen LogP contribution in [-0.2, 0) is 38.2 Å². The lowest BCUT2D eigenvalue weighted by atomic mass is 9.83. The number of ether oxygens (including phenoxy) is 2. The Kier molecular flexibility index (Phi) is 13.3. The number of nitrogens with one attached hydrogen (secondary N) is 4. The number of rotatable bonds is 14. The first-order chi connectivity index (χ1) is 25.8. The number of fused-ring (bicyclic) bond motifs is 1. The van der Waals surface area contributed by atoms with Gasteiger partial charge < -0.3 is 40.5 Å². The molecule has 3 heterocycles. The summed E-state index contributed by atoms with van der Waals surface area (Å²) in [5.41, 5.74) is -1.34. The molecule has 6 atom stereocenters. The molecule has 5 rings (SSSR count). The van der Waals surface area contributed by atoms with E-state index in [0.29, 0.717) is 11.3 Å². The predicted molar refractivity (Wildman–Crippen MR) is 203 cm³/mol. The van der Waals surface area contributed by atoms with Gasteiger partial charge in [-0.1, -0.05) is 38.2 Å². The Labute approximate surface area is 327 Å². The van der Waals surface area contributed by atoms with Gasteiger partial charge in [0.15, 0.2) is 0 Å². The molecule has 1 aromatic rings. The highest BCUT2D eigenvalue weighted by molar-refractivity contribution is 7.10. The van der Waals surface area contributed by atoms with Crippen molar-refractivity contribution in [1.82, 2.24) is 31.1 Å². The fraction of sp³-hybridized carbons (Fsp3) is 0.718. The van der Waals surface area contributed by atoms with Gasteiger partial charge in [0.05, 0.1) is 24.3 Å². The SMILES string of the molecule is CN(C)C(=O)[C@@H](NC(=O)CNC(=O)C(=O)C(CC1CC1)NC(=O)C1[C@H]2CC(C)(C)O[C@H]2CN1C(=O)[C@@H](NC(=O)OC(C)(C)C)C1CCCCC1)c1cccs1. The lowest BCUT2D eigenvalue weighted by molar-refractivity contribution is -0.145. The quantitative estimate of drug-likeness (QED) is 0.205. The maximum atomic E-state index is 14.6. The minimum atomic E-state index is -1.20. The van der Waals surface area contributed by atoms with E-state index in [1.165, 1.54) is 21.1 Å². The Bertz CT molecular complexity index is 1600. The van der Waals surface area contributed by atoms with Gasteiger partial charge in [0.2, 0.25) is 29.4 Å². The zero-order chi connectivity index (χ0) is 40.2. The number of Topliss-reactive ketones (excluding diaryl/α,β-unsaturated/α-hetero) is 1. The van der Waals surface area contributed by atoms with Gasteiger partial charge in [-0.05, 0) is 83.6 Å². The van der Waals surface area contributed by atoms with Crippen molar-refractivity contribution in [2.45, 2.75) is 134 Å². The highest BCUT2D eigenvalue weighted by Gasteiger charge is 2.56.